The van der Waals surface area contributed by atoms with Crippen molar-refractivity contribution in [3.05, 3.63) is 242 Å². The number of para-hydroxylation sites is 2. The zero-order chi connectivity index (χ0) is 48.9. The summed E-state index contributed by atoms with van der Waals surface area (Å²) in [4.78, 5) is 4.72. The average molecular weight is 949 g/mol. The molecule has 0 aliphatic rings. The maximum atomic E-state index is 2.45. The van der Waals surface area contributed by atoms with E-state index in [0.29, 0.717) is 0 Å². The van der Waals surface area contributed by atoms with E-state index >= 15 is 0 Å². The Morgan fingerprint density at radius 1 is 0.254 bits per heavy atom. The third-order valence-corrected chi connectivity index (χ3v) is 18.4. The van der Waals surface area contributed by atoms with Crippen LogP contribution in [-0.2, 0) is 0 Å². The first-order valence-electron chi connectivity index (χ1n) is 25.0. The zero-order valence-corrected chi connectivity index (χ0v) is 43.9. The van der Waals surface area contributed by atoms with E-state index in [4.69, 9.17) is 0 Å². The van der Waals surface area contributed by atoms with E-state index in [-0.39, 0.29) is 0 Å². The van der Waals surface area contributed by atoms with Gasteiger partial charge < -0.3 is 9.80 Å². The van der Waals surface area contributed by atoms with Crippen molar-refractivity contribution in [3.8, 4) is 33.4 Å². The Morgan fingerprint density at radius 3 is 1.01 bits per heavy atom. The molecule has 4 heteroatoms. The van der Waals surface area contributed by atoms with E-state index < -0.39 is 16.1 Å². The molecule has 71 heavy (non-hydrogen) atoms. The summed E-state index contributed by atoms with van der Waals surface area (Å²) in [5.41, 5.74) is 15.5. The number of hydrogen-bond donors (Lipinski definition) is 0. The van der Waals surface area contributed by atoms with Crippen molar-refractivity contribution in [2.45, 2.75) is 46.2 Å². The van der Waals surface area contributed by atoms with E-state index in [9.17, 15) is 0 Å². The van der Waals surface area contributed by atoms with Crippen molar-refractivity contribution in [2.24, 2.45) is 0 Å². The summed E-state index contributed by atoms with van der Waals surface area (Å²) in [5, 5.41) is 10.5. The van der Waals surface area contributed by atoms with Gasteiger partial charge in [-0.3, -0.25) is 0 Å². The fourth-order valence-corrected chi connectivity index (χ4v) is 12.8. The molecule has 0 bridgehead atoms. The quantitative estimate of drug-likeness (QED) is 0.0942. The van der Waals surface area contributed by atoms with Crippen LogP contribution in [0.5, 0.6) is 0 Å². The van der Waals surface area contributed by atoms with Gasteiger partial charge in [-0.05, 0) is 163 Å². The molecule has 0 amide bonds. The summed E-state index contributed by atoms with van der Waals surface area (Å²) >= 11 is 0. The lowest BCUT2D eigenvalue weighted by Crippen LogP contribution is -2.37. The molecule has 0 saturated heterocycles. The van der Waals surface area contributed by atoms with Crippen LogP contribution in [0.25, 0.3) is 65.7 Å². The highest BCUT2D eigenvalue weighted by Crippen LogP contribution is 2.44. The molecule has 0 heterocycles. The monoisotopic (exact) mass is 948 g/mol. The van der Waals surface area contributed by atoms with Gasteiger partial charge in [-0.1, -0.05) is 201 Å². The molecule has 0 aliphatic heterocycles. The van der Waals surface area contributed by atoms with Gasteiger partial charge in [0.1, 0.15) is 0 Å². The van der Waals surface area contributed by atoms with Crippen LogP contribution in [-0.4, -0.2) is 16.1 Å². The number of aryl methyl sites for hydroxylation is 1. The molecular formula is C67H60N2Si2. The second-order valence-corrected chi connectivity index (χ2v) is 31.2. The molecule has 0 atom stereocenters. The Balaban J connectivity index is 0.946. The number of benzene rings is 11. The number of rotatable bonds is 11. The van der Waals surface area contributed by atoms with E-state index in [1.54, 1.807) is 0 Å². The highest BCUT2D eigenvalue weighted by Gasteiger charge is 2.21. The second-order valence-electron chi connectivity index (χ2n) is 21.1. The fraction of sp³-hybridized carbons (Fsp3) is 0.104. The van der Waals surface area contributed by atoms with E-state index in [2.05, 4.69) is 293 Å². The molecule has 0 saturated carbocycles. The molecule has 11 aromatic carbocycles. The lowest BCUT2D eigenvalue weighted by Gasteiger charge is -2.27. The van der Waals surface area contributed by atoms with Crippen LogP contribution in [0.2, 0.25) is 39.3 Å². The topological polar surface area (TPSA) is 6.48 Å². The Kier molecular flexibility index (Phi) is 11.9. The summed E-state index contributed by atoms with van der Waals surface area (Å²) in [5.74, 6) is 0. The first kappa shape index (κ1) is 45.7. The van der Waals surface area contributed by atoms with Crippen molar-refractivity contribution in [1.82, 2.24) is 0 Å². The van der Waals surface area contributed by atoms with Crippen LogP contribution in [0.3, 0.4) is 0 Å². The molecule has 0 N–H and O–H groups in total. The van der Waals surface area contributed by atoms with Crippen molar-refractivity contribution >= 4 is 93.0 Å². The van der Waals surface area contributed by atoms with Crippen molar-refractivity contribution in [2.75, 3.05) is 9.80 Å². The molecule has 346 valence electrons. The predicted molar refractivity (Wildman–Crippen MR) is 315 cm³/mol. The van der Waals surface area contributed by atoms with Gasteiger partial charge in [-0.25, -0.2) is 0 Å². The van der Waals surface area contributed by atoms with Crippen LogP contribution in [0.1, 0.15) is 5.56 Å². The van der Waals surface area contributed by atoms with Crippen molar-refractivity contribution in [3.63, 3.8) is 0 Å². The van der Waals surface area contributed by atoms with Gasteiger partial charge in [0.05, 0.1) is 16.1 Å². The molecule has 0 radical (unpaired) electrons. The molecule has 0 aromatic heterocycles. The minimum atomic E-state index is -1.43. The predicted octanol–water partition coefficient (Wildman–Crippen LogP) is 18.5. The molecule has 11 rings (SSSR count). The van der Waals surface area contributed by atoms with Crippen LogP contribution in [0.15, 0.2) is 237 Å². The third-order valence-electron chi connectivity index (χ3n) is 14.3. The van der Waals surface area contributed by atoms with E-state index in [1.165, 1.54) is 81.6 Å². The fourth-order valence-electron chi connectivity index (χ4n) is 10.4. The lowest BCUT2D eigenvalue weighted by molar-refractivity contribution is 1.28. The van der Waals surface area contributed by atoms with Gasteiger partial charge in [0.2, 0.25) is 0 Å². The van der Waals surface area contributed by atoms with E-state index in [1.807, 2.05) is 0 Å². The lowest BCUT2D eigenvalue weighted by atomic mass is 9.86. The largest absolute Gasteiger partial charge is 0.311 e. The summed E-state index contributed by atoms with van der Waals surface area (Å²) in [6, 6.07) is 87.9. The summed E-state index contributed by atoms with van der Waals surface area (Å²) in [6.07, 6.45) is 0. The number of hydrogen-bond acceptors (Lipinski definition) is 2. The van der Waals surface area contributed by atoms with Gasteiger partial charge >= 0.3 is 0 Å². The molecule has 0 spiro atoms. The molecule has 11 aromatic rings. The summed E-state index contributed by atoms with van der Waals surface area (Å²) < 4.78 is 0. The molecule has 0 fully saturated rings. The van der Waals surface area contributed by atoms with Gasteiger partial charge in [0.25, 0.3) is 0 Å². The molecular weight excluding hydrogens is 889 g/mol. The summed E-state index contributed by atoms with van der Waals surface area (Å²) in [7, 11) is -2.85. The Bertz CT molecular complexity index is 3680. The average Bonchev–Trinajstić information content (AvgIpc) is 3.39. The van der Waals surface area contributed by atoms with Gasteiger partial charge in [-0.15, -0.1) is 0 Å². The minimum absolute atomic E-state index is 1.13. The maximum Gasteiger partial charge on any atom is 0.0775 e. The SMILES string of the molecule is Cc1cc(-c2ccc(N(c3ccccc3)c3ccc([Si](C)(C)C)cc3)cc2)ccc1-c1cc2c3ccccc3c(-c3ccc(N(c4ccccc4)c4ccc([Si](C)(C)C)cc4)cc3)cc2c2ccccc12. The van der Waals surface area contributed by atoms with Gasteiger partial charge in [-0.2, -0.15) is 0 Å². The van der Waals surface area contributed by atoms with Crippen LogP contribution in [0, 0.1) is 6.92 Å². The maximum absolute atomic E-state index is 2.45. The van der Waals surface area contributed by atoms with Gasteiger partial charge in [0, 0.05) is 34.1 Å². The molecule has 2 nitrogen and oxygen atoms in total. The van der Waals surface area contributed by atoms with Crippen LogP contribution >= 0.6 is 0 Å². The summed E-state index contributed by atoms with van der Waals surface area (Å²) in [6.45, 7) is 16.7. The molecule has 0 aliphatic carbocycles. The second kappa shape index (κ2) is 18.5. The Labute approximate surface area is 422 Å². The number of anilines is 6. The highest BCUT2D eigenvalue weighted by atomic mass is 28.3. The van der Waals surface area contributed by atoms with Crippen LogP contribution < -0.4 is 20.2 Å². The minimum Gasteiger partial charge on any atom is -0.311 e. The Hall–Kier alpha value is -7.77. The highest BCUT2D eigenvalue weighted by molar-refractivity contribution is 6.89. The zero-order valence-electron chi connectivity index (χ0n) is 41.9. The first-order chi connectivity index (χ1) is 34.4. The first-order valence-corrected chi connectivity index (χ1v) is 32.0. The third kappa shape index (κ3) is 8.91. The Morgan fingerprint density at radius 2 is 0.592 bits per heavy atom. The van der Waals surface area contributed by atoms with Crippen molar-refractivity contribution < 1.29 is 0 Å². The number of fused-ring (bicyclic) bond motifs is 5. The van der Waals surface area contributed by atoms with E-state index in [0.717, 1.165) is 34.1 Å². The molecule has 0 unspecified atom stereocenters. The van der Waals surface area contributed by atoms with Gasteiger partial charge in [0.15, 0.2) is 0 Å². The standard InChI is InChI=1S/C67H60N2Si2/c1-47-44-50(48-26-31-53(32-27-48)68(51-18-10-8-11-19-51)55-35-39-57(40-36-55)70(2,3)4)30-43-59(47)65-46-67-61-23-15-14-22-60(61)64(45-66(67)63-25-17-16-24-62(63)65)49-28-33-54(34-29-49)69(52-20-12-9-13-21-52)56-37-41-58(42-38-56)71(5,6)7/h8-46H,1-7H3. The smallest absolute Gasteiger partial charge is 0.0775 e. The number of nitrogens with zero attached hydrogens (tertiary/aromatic N) is 2. The normalized spacial score (nSPS) is 11.9. The van der Waals surface area contributed by atoms with Crippen molar-refractivity contribution in [1.29, 1.82) is 0 Å². The van der Waals surface area contributed by atoms with Crippen LogP contribution in [0.4, 0.5) is 34.1 Å².